The zero-order valence-electron chi connectivity index (χ0n) is 16.4. The number of morpholine rings is 1. The first-order valence-corrected chi connectivity index (χ1v) is 9.70. The number of aromatic nitrogens is 2. The van der Waals surface area contributed by atoms with Crippen molar-refractivity contribution >= 4 is 5.95 Å². The molecule has 0 atom stereocenters. The fraction of sp³-hybridized carbons (Fsp3) is 0.524. The van der Waals surface area contributed by atoms with Crippen LogP contribution in [0.4, 0.5) is 5.95 Å². The Morgan fingerprint density at radius 2 is 1.85 bits per heavy atom. The van der Waals surface area contributed by atoms with Gasteiger partial charge < -0.3 is 19.3 Å². The van der Waals surface area contributed by atoms with Gasteiger partial charge in [-0.2, -0.15) is 4.98 Å². The van der Waals surface area contributed by atoms with E-state index in [1.807, 2.05) is 44.2 Å². The minimum absolute atomic E-state index is 0.00615. The fourth-order valence-electron chi connectivity index (χ4n) is 3.95. The van der Waals surface area contributed by atoms with Gasteiger partial charge in [0.25, 0.3) is 0 Å². The summed E-state index contributed by atoms with van der Waals surface area (Å²) in [5, 5.41) is 0. The maximum Gasteiger partial charge on any atom is 0.228 e. The quantitative estimate of drug-likeness (QED) is 0.829. The summed E-state index contributed by atoms with van der Waals surface area (Å²) in [5.74, 6) is 2.18. The topological polar surface area (TPSA) is 50.7 Å². The summed E-state index contributed by atoms with van der Waals surface area (Å²) in [4.78, 5) is 14.0. The first kappa shape index (κ1) is 18.2. The van der Waals surface area contributed by atoms with Crippen molar-refractivity contribution in [3.05, 3.63) is 41.6 Å². The Morgan fingerprint density at radius 3 is 2.59 bits per heavy atom. The smallest absolute Gasteiger partial charge is 0.228 e. The molecular formula is C21H28N4O2. The van der Waals surface area contributed by atoms with Crippen LogP contribution >= 0.6 is 0 Å². The molecule has 4 rings (SSSR count). The predicted octanol–water partition coefficient (Wildman–Crippen LogP) is 3.19. The Hall–Kier alpha value is -2.18. The molecule has 0 unspecified atom stereocenters. The normalized spacial score (nSPS) is 20.0. The van der Waals surface area contributed by atoms with Crippen LogP contribution in [0.5, 0.6) is 11.6 Å². The Balaban J connectivity index is 1.48. The van der Waals surface area contributed by atoms with Crippen molar-refractivity contribution in [2.24, 2.45) is 0 Å². The van der Waals surface area contributed by atoms with Crippen LogP contribution in [0.25, 0.3) is 0 Å². The maximum atomic E-state index is 6.17. The molecule has 1 aromatic carbocycles. The van der Waals surface area contributed by atoms with Gasteiger partial charge in [-0.3, -0.25) is 0 Å². The minimum Gasteiger partial charge on any atom is -0.439 e. The number of ether oxygens (including phenoxy) is 2. The lowest BCUT2D eigenvalue weighted by atomic mass is 9.89. The molecule has 1 aromatic heterocycles. The van der Waals surface area contributed by atoms with Crippen LogP contribution in [-0.2, 0) is 4.74 Å². The number of para-hydroxylation sites is 1. The van der Waals surface area contributed by atoms with Gasteiger partial charge in [0, 0.05) is 37.9 Å². The summed E-state index contributed by atoms with van der Waals surface area (Å²) in [6, 6.07) is 9.87. The van der Waals surface area contributed by atoms with Crippen molar-refractivity contribution in [3.63, 3.8) is 0 Å². The van der Waals surface area contributed by atoms with E-state index in [0.717, 1.165) is 68.6 Å². The van der Waals surface area contributed by atoms with Gasteiger partial charge in [-0.25, -0.2) is 4.98 Å². The van der Waals surface area contributed by atoms with E-state index in [0.29, 0.717) is 5.88 Å². The van der Waals surface area contributed by atoms with E-state index in [1.165, 1.54) is 0 Å². The molecule has 0 aliphatic carbocycles. The monoisotopic (exact) mass is 368 g/mol. The number of piperidine rings is 1. The zero-order chi connectivity index (χ0) is 18.9. The standard InChI is InChI=1S/C21H28N4O2/c1-16-6-4-5-7-18(16)27-19-14-17(2)22-20(23-19)25-10-8-21(9-11-25)15-24(3)12-13-26-21/h4-7,14H,8-13,15H2,1-3H3. The second-order valence-electron chi connectivity index (χ2n) is 7.77. The van der Waals surface area contributed by atoms with E-state index in [9.17, 15) is 0 Å². The lowest BCUT2D eigenvalue weighted by molar-refractivity contribution is -0.115. The summed E-state index contributed by atoms with van der Waals surface area (Å²) >= 11 is 0. The first-order valence-electron chi connectivity index (χ1n) is 9.70. The molecule has 2 aromatic rings. The van der Waals surface area contributed by atoms with Crippen molar-refractivity contribution in [1.82, 2.24) is 14.9 Å². The highest BCUT2D eigenvalue weighted by atomic mass is 16.5. The molecule has 6 nitrogen and oxygen atoms in total. The summed E-state index contributed by atoms with van der Waals surface area (Å²) in [7, 11) is 2.18. The van der Waals surface area contributed by atoms with E-state index < -0.39 is 0 Å². The lowest BCUT2D eigenvalue weighted by Gasteiger charge is -2.46. The molecule has 0 amide bonds. The zero-order valence-corrected chi connectivity index (χ0v) is 16.4. The van der Waals surface area contributed by atoms with E-state index in [4.69, 9.17) is 9.47 Å². The van der Waals surface area contributed by atoms with Crippen molar-refractivity contribution in [1.29, 1.82) is 0 Å². The minimum atomic E-state index is -0.00615. The van der Waals surface area contributed by atoms with Crippen LogP contribution in [0.1, 0.15) is 24.1 Å². The third-order valence-corrected chi connectivity index (χ3v) is 5.52. The second-order valence-corrected chi connectivity index (χ2v) is 7.77. The number of rotatable bonds is 3. The molecule has 2 aliphatic heterocycles. The number of aryl methyl sites for hydroxylation is 2. The number of anilines is 1. The number of hydrogen-bond acceptors (Lipinski definition) is 6. The Bertz CT molecular complexity index is 803. The Morgan fingerprint density at radius 1 is 1.07 bits per heavy atom. The van der Waals surface area contributed by atoms with Crippen molar-refractivity contribution < 1.29 is 9.47 Å². The molecule has 27 heavy (non-hydrogen) atoms. The van der Waals surface area contributed by atoms with E-state index in [2.05, 4.69) is 26.8 Å². The molecule has 1 spiro atoms. The van der Waals surface area contributed by atoms with Gasteiger partial charge in [-0.05, 0) is 45.4 Å². The molecule has 0 radical (unpaired) electrons. The highest BCUT2D eigenvalue weighted by molar-refractivity contribution is 5.39. The molecule has 0 N–H and O–H groups in total. The molecule has 3 heterocycles. The van der Waals surface area contributed by atoms with E-state index in [-0.39, 0.29) is 5.60 Å². The van der Waals surface area contributed by atoms with Crippen molar-refractivity contribution in [2.75, 3.05) is 44.7 Å². The van der Waals surface area contributed by atoms with Crippen molar-refractivity contribution in [3.8, 4) is 11.6 Å². The van der Waals surface area contributed by atoms with Crippen LogP contribution in [0.15, 0.2) is 30.3 Å². The van der Waals surface area contributed by atoms with Crippen LogP contribution in [0.3, 0.4) is 0 Å². The van der Waals surface area contributed by atoms with E-state index >= 15 is 0 Å². The van der Waals surface area contributed by atoms with Gasteiger partial charge in [0.15, 0.2) is 0 Å². The number of hydrogen-bond donors (Lipinski definition) is 0. The largest absolute Gasteiger partial charge is 0.439 e. The molecular weight excluding hydrogens is 340 g/mol. The van der Waals surface area contributed by atoms with Crippen LogP contribution in [-0.4, -0.2) is 60.3 Å². The molecule has 2 fully saturated rings. The third-order valence-electron chi connectivity index (χ3n) is 5.52. The summed E-state index contributed by atoms with van der Waals surface area (Å²) in [5.41, 5.74) is 2.00. The van der Waals surface area contributed by atoms with Crippen molar-refractivity contribution in [2.45, 2.75) is 32.3 Å². The SMILES string of the molecule is Cc1cc(Oc2ccccc2C)nc(N2CCC3(CC2)CN(C)CCO3)n1. The van der Waals surface area contributed by atoms with Gasteiger partial charge in [-0.1, -0.05) is 18.2 Å². The molecule has 144 valence electrons. The van der Waals surface area contributed by atoms with Crippen LogP contribution in [0.2, 0.25) is 0 Å². The number of likely N-dealkylation sites (N-methyl/N-ethyl adjacent to an activating group) is 1. The highest BCUT2D eigenvalue weighted by Crippen LogP contribution is 2.32. The molecule has 2 saturated heterocycles. The molecule has 0 bridgehead atoms. The summed E-state index contributed by atoms with van der Waals surface area (Å²) in [6.07, 6.45) is 2.01. The van der Waals surface area contributed by atoms with E-state index in [1.54, 1.807) is 0 Å². The Kier molecular flexibility index (Phi) is 5.02. The average molecular weight is 368 g/mol. The molecule has 6 heteroatoms. The van der Waals surface area contributed by atoms with Gasteiger partial charge >= 0.3 is 0 Å². The predicted molar refractivity (Wildman–Crippen MR) is 106 cm³/mol. The molecule has 0 saturated carbocycles. The highest BCUT2D eigenvalue weighted by Gasteiger charge is 2.39. The Labute approximate surface area is 161 Å². The van der Waals surface area contributed by atoms with Gasteiger partial charge in [0.05, 0.1) is 12.2 Å². The number of nitrogens with zero attached hydrogens (tertiary/aromatic N) is 4. The molecule has 2 aliphatic rings. The summed E-state index contributed by atoms with van der Waals surface area (Å²) < 4.78 is 12.2. The fourth-order valence-corrected chi connectivity index (χ4v) is 3.95. The van der Waals surface area contributed by atoms with Gasteiger partial charge in [0.2, 0.25) is 11.8 Å². The third kappa shape index (κ3) is 4.06. The van der Waals surface area contributed by atoms with Gasteiger partial charge in [0.1, 0.15) is 5.75 Å². The number of benzene rings is 1. The lowest BCUT2D eigenvalue weighted by Crippen LogP contribution is -2.56. The maximum absolute atomic E-state index is 6.17. The first-order chi connectivity index (χ1) is 13.0. The van der Waals surface area contributed by atoms with Gasteiger partial charge in [-0.15, -0.1) is 0 Å². The summed E-state index contributed by atoms with van der Waals surface area (Å²) in [6.45, 7) is 8.69. The van der Waals surface area contributed by atoms with Crippen LogP contribution < -0.4 is 9.64 Å². The van der Waals surface area contributed by atoms with Crippen LogP contribution in [0, 0.1) is 13.8 Å². The average Bonchev–Trinajstić information content (AvgIpc) is 2.64. The second kappa shape index (κ2) is 7.44.